The fourth-order valence-corrected chi connectivity index (χ4v) is 3.10. The highest BCUT2D eigenvalue weighted by Gasteiger charge is 2.39. The molecule has 0 fully saturated rings. The third-order valence-electron chi connectivity index (χ3n) is 3.92. The van der Waals surface area contributed by atoms with E-state index in [2.05, 4.69) is 5.32 Å². The van der Waals surface area contributed by atoms with Crippen molar-refractivity contribution in [1.29, 1.82) is 0 Å². The minimum Gasteiger partial charge on any atom is -0.459 e. The van der Waals surface area contributed by atoms with Crippen molar-refractivity contribution in [2.75, 3.05) is 10.2 Å². The van der Waals surface area contributed by atoms with Gasteiger partial charge in [0.25, 0.3) is 11.8 Å². The van der Waals surface area contributed by atoms with E-state index in [0.29, 0.717) is 16.3 Å². The van der Waals surface area contributed by atoms with Crippen LogP contribution in [0.4, 0.5) is 11.4 Å². The molecule has 1 heterocycles. The summed E-state index contributed by atoms with van der Waals surface area (Å²) in [4.78, 5) is 38.2. The van der Waals surface area contributed by atoms with Crippen LogP contribution in [0.3, 0.4) is 0 Å². The number of benzene rings is 2. The van der Waals surface area contributed by atoms with Crippen molar-refractivity contribution in [2.24, 2.45) is 0 Å². The number of carbonyl (C=O) groups is 3. The second kappa shape index (κ2) is 8.45. The molecule has 0 atom stereocenters. The Morgan fingerprint density at radius 3 is 2.21 bits per heavy atom. The van der Waals surface area contributed by atoms with Gasteiger partial charge in [-0.1, -0.05) is 34.8 Å². The van der Waals surface area contributed by atoms with Crippen molar-refractivity contribution in [3.63, 3.8) is 0 Å². The Morgan fingerprint density at radius 1 is 0.966 bits per heavy atom. The van der Waals surface area contributed by atoms with E-state index in [1.807, 2.05) is 0 Å². The predicted octanol–water partition coefficient (Wildman–Crippen LogP) is 4.99. The topological polar surface area (TPSA) is 75.7 Å². The number of nitrogens with one attached hydrogen (secondary N) is 1. The molecule has 0 bridgehead atoms. The average Bonchev–Trinajstić information content (AvgIpc) is 2.87. The molecular weight excluding hydrogens is 439 g/mol. The Balaban J connectivity index is 1.82. The molecule has 0 spiro atoms. The maximum Gasteiger partial charge on any atom is 0.338 e. The molecule has 0 saturated carbocycles. The molecule has 0 saturated heterocycles. The van der Waals surface area contributed by atoms with Crippen molar-refractivity contribution in [3.8, 4) is 0 Å². The zero-order chi connectivity index (χ0) is 21.3. The fraction of sp³-hybridized carbons (Fsp3) is 0.150. The second-order valence-electron chi connectivity index (χ2n) is 6.39. The van der Waals surface area contributed by atoms with Crippen LogP contribution < -0.4 is 10.2 Å². The number of hydrogen-bond donors (Lipinski definition) is 1. The molecule has 2 amide bonds. The van der Waals surface area contributed by atoms with E-state index < -0.39 is 17.8 Å². The van der Waals surface area contributed by atoms with Gasteiger partial charge in [-0.2, -0.15) is 0 Å². The Hall–Kier alpha value is -2.54. The molecule has 0 unspecified atom stereocenters. The number of amides is 2. The molecule has 0 aliphatic carbocycles. The number of imide groups is 1. The average molecular weight is 454 g/mol. The number of halogens is 3. The van der Waals surface area contributed by atoms with Crippen LogP contribution in [0.5, 0.6) is 0 Å². The zero-order valence-electron chi connectivity index (χ0n) is 15.3. The Labute approximate surface area is 182 Å². The summed E-state index contributed by atoms with van der Waals surface area (Å²) in [6.07, 6.45) is -0.262. The molecular formula is C20H15Cl3N2O4. The molecule has 29 heavy (non-hydrogen) atoms. The highest BCUT2D eigenvalue weighted by Crippen LogP contribution is 2.32. The molecule has 6 nitrogen and oxygen atoms in total. The van der Waals surface area contributed by atoms with Gasteiger partial charge in [0, 0.05) is 5.69 Å². The first-order chi connectivity index (χ1) is 13.7. The molecule has 9 heteroatoms. The van der Waals surface area contributed by atoms with Crippen LogP contribution in [-0.4, -0.2) is 23.9 Å². The fourth-order valence-electron chi connectivity index (χ4n) is 2.59. The largest absolute Gasteiger partial charge is 0.459 e. The first-order valence-corrected chi connectivity index (χ1v) is 9.64. The number of hydrogen-bond acceptors (Lipinski definition) is 5. The van der Waals surface area contributed by atoms with Crippen molar-refractivity contribution in [3.05, 3.63) is 68.8 Å². The van der Waals surface area contributed by atoms with Gasteiger partial charge in [0.1, 0.15) is 10.7 Å². The maximum atomic E-state index is 12.8. The lowest BCUT2D eigenvalue weighted by Crippen LogP contribution is -2.32. The summed E-state index contributed by atoms with van der Waals surface area (Å²) in [7, 11) is 0. The summed E-state index contributed by atoms with van der Waals surface area (Å²) in [6, 6.07) is 10.5. The molecule has 1 aliphatic heterocycles. The van der Waals surface area contributed by atoms with Crippen LogP contribution in [-0.2, 0) is 14.3 Å². The first kappa shape index (κ1) is 21.2. The van der Waals surface area contributed by atoms with Crippen molar-refractivity contribution in [2.45, 2.75) is 20.0 Å². The third kappa shape index (κ3) is 4.40. The van der Waals surface area contributed by atoms with E-state index in [9.17, 15) is 14.4 Å². The Kier molecular flexibility index (Phi) is 6.17. The number of ether oxygens (including phenoxy) is 1. The summed E-state index contributed by atoms with van der Waals surface area (Å²) in [5, 5.41) is 3.18. The van der Waals surface area contributed by atoms with E-state index >= 15 is 0 Å². The second-order valence-corrected chi connectivity index (χ2v) is 7.58. The molecule has 1 aliphatic rings. The number of carbonyl (C=O) groups excluding carboxylic acids is 3. The van der Waals surface area contributed by atoms with Crippen molar-refractivity contribution >= 4 is 64.0 Å². The number of esters is 1. The van der Waals surface area contributed by atoms with E-state index in [1.54, 1.807) is 26.0 Å². The lowest BCUT2D eigenvalue weighted by atomic mass is 10.2. The highest BCUT2D eigenvalue weighted by molar-refractivity contribution is 6.53. The Bertz CT molecular complexity index is 1030. The van der Waals surface area contributed by atoms with E-state index in [4.69, 9.17) is 39.5 Å². The summed E-state index contributed by atoms with van der Waals surface area (Å²) >= 11 is 18.0. The van der Waals surface area contributed by atoms with E-state index in [-0.39, 0.29) is 27.5 Å². The smallest absolute Gasteiger partial charge is 0.338 e. The summed E-state index contributed by atoms with van der Waals surface area (Å²) < 4.78 is 5.12. The molecule has 2 aromatic rings. The van der Waals surface area contributed by atoms with Gasteiger partial charge < -0.3 is 10.1 Å². The van der Waals surface area contributed by atoms with Gasteiger partial charge in [-0.05, 0) is 56.3 Å². The Morgan fingerprint density at radius 2 is 1.62 bits per heavy atom. The van der Waals surface area contributed by atoms with Crippen LogP contribution in [0.1, 0.15) is 24.2 Å². The lowest BCUT2D eigenvalue weighted by Gasteiger charge is -2.16. The maximum absolute atomic E-state index is 12.8. The van der Waals surface area contributed by atoms with Gasteiger partial charge in [-0.15, -0.1) is 0 Å². The van der Waals surface area contributed by atoms with Crippen molar-refractivity contribution < 1.29 is 19.1 Å². The number of nitrogens with zero attached hydrogens (tertiary/aromatic N) is 1. The lowest BCUT2D eigenvalue weighted by molar-refractivity contribution is -0.120. The van der Waals surface area contributed by atoms with Crippen LogP contribution in [0, 0.1) is 0 Å². The van der Waals surface area contributed by atoms with Crippen LogP contribution in [0.2, 0.25) is 10.0 Å². The van der Waals surface area contributed by atoms with Gasteiger partial charge in [0.15, 0.2) is 0 Å². The molecule has 0 aromatic heterocycles. The SMILES string of the molecule is CC(C)OC(=O)c1ccc(N2C(=O)C(Cl)=C(Nc3ccc(Cl)c(Cl)c3)C2=O)cc1. The van der Waals surface area contributed by atoms with E-state index in [1.165, 1.54) is 30.3 Å². The highest BCUT2D eigenvalue weighted by atomic mass is 35.5. The number of rotatable bonds is 5. The third-order valence-corrected chi connectivity index (χ3v) is 5.01. The predicted molar refractivity (Wildman–Crippen MR) is 112 cm³/mol. The molecule has 3 rings (SSSR count). The van der Waals surface area contributed by atoms with Gasteiger partial charge in [0.05, 0.1) is 27.4 Å². The first-order valence-electron chi connectivity index (χ1n) is 8.50. The van der Waals surface area contributed by atoms with Crippen LogP contribution >= 0.6 is 34.8 Å². The number of anilines is 2. The van der Waals surface area contributed by atoms with Crippen LogP contribution in [0.15, 0.2) is 53.2 Å². The monoisotopic (exact) mass is 452 g/mol. The molecule has 2 aromatic carbocycles. The quantitative estimate of drug-likeness (QED) is 0.509. The minimum atomic E-state index is -0.684. The van der Waals surface area contributed by atoms with Crippen LogP contribution in [0.25, 0.3) is 0 Å². The van der Waals surface area contributed by atoms with Gasteiger partial charge in [0.2, 0.25) is 0 Å². The summed E-state index contributed by atoms with van der Waals surface area (Å²) in [6.45, 7) is 3.48. The summed E-state index contributed by atoms with van der Waals surface area (Å²) in [5.74, 6) is -1.82. The normalized spacial score (nSPS) is 14.1. The minimum absolute atomic E-state index is 0.0849. The summed E-state index contributed by atoms with van der Waals surface area (Å²) in [5.41, 5.74) is 0.931. The standard InChI is InChI=1S/C20H15Cl3N2O4/c1-10(2)29-20(28)11-3-6-13(7-4-11)25-18(26)16(23)17(19(25)27)24-12-5-8-14(21)15(22)9-12/h3-10,24H,1-2H3. The molecule has 1 N–H and O–H groups in total. The molecule has 0 radical (unpaired) electrons. The van der Waals surface area contributed by atoms with Crippen molar-refractivity contribution in [1.82, 2.24) is 0 Å². The molecule has 150 valence electrons. The van der Waals surface area contributed by atoms with Gasteiger partial charge in [-0.3, -0.25) is 9.59 Å². The van der Waals surface area contributed by atoms with Gasteiger partial charge >= 0.3 is 5.97 Å². The van der Waals surface area contributed by atoms with E-state index in [0.717, 1.165) is 4.90 Å². The zero-order valence-corrected chi connectivity index (χ0v) is 17.6. The van der Waals surface area contributed by atoms with Gasteiger partial charge in [-0.25, -0.2) is 9.69 Å².